The molecule has 57 heavy (non-hydrogen) atoms. The van der Waals surface area contributed by atoms with Gasteiger partial charge in [-0.05, 0) is 56.0 Å². The van der Waals surface area contributed by atoms with Gasteiger partial charge in [-0.1, -0.05) is 188 Å². The first-order valence-electron chi connectivity index (χ1n) is 19.4. The van der Waals surface area contributed by atoms with Crippen LogP contribution < -0.4 is 0 Å². The average Bonchev–Trinajstić information content (AvgIpc) is 3.77. The molecule has 2 aromatic heterocycles. The van der Waals surface area contributed by atoms with Gasteiger partial charge in [-0.3, -0.25) is 0 Å². The molecule has 0 radical (unpaired) electrons. The molecular weight excluding hydrogens is 693 g/mol. The largest absolute Gasteiger partial charge is 0.247 e. The highest BCUT2D eigenvalue weighted by molar-refractivity contribution is 6.19. The van der Waals surface area contributed by atoms with Crippen LogP contribution in [-0.4, -0.2) is 19.9 Å². The van der Waals surface area contributed by atoms with Gasteiger partial charge >= 0.3 is 0 Å². The van der Waals surface area contributed by atoms with E-state index in [0.717, 1.165) is 38.9 Å². The quantitative estimate of drug-likeness (QED) is 0.170. The van der Waals surface area contributed by atoms with E-state index >= 15 is 0 Å². The summed E-state index contributed by atoms with van der Waals surface area (Å²) in [7, 11) is 0. The number of hydrogen-bond acceptors (Lipinski definition) is 4. The van der Waals surface area contributed by atoms with Crippen LogP contribution in [0.3, 0.4) is 0 Å². The fraction of sp³-hybridized carbons (Fsp3) is 0.0189. The summed E-state index contributed by atoms with van der Waals surface area (Å²) in [5.74, 6) is 1.91. The summed E-state index contributed by atoms with van der Waals surface area (Å²) in [4.78, 5) is 20.4. The van der Waals surface area contributed by atoms with E-state index in [1.807, 2.05) is 60.7 Å². The molecule has 0 aliphatic heterocycles. The first-order valence-corrected chi connectivity index (χ1v) is 19.4. The van der Waals surface area contributed by atoms with Crippen LogP contribution in [0.25, 0.3) is 89.4 Å². The Kier molecular flexibility index (Phi) is 6.81. The van der Waals surface area contributed by atoms with Crippen LogP contribution in [0.4, 0.5) is 0 Å². The Bertz CT molecular complexity index is 3120. The molecule has 0 bridgehead atoms. The number of benzene rings is 8. The van der Waals surface area contributed by atoms with Gasteiger partial charge in [-0.15, -0.1) is 0 Å². The van der Waals surface area contributed by atoms with E-state index in [4.69, 9.17) is 19.9 Å². The van der Waals surface area contributed by atoms with E-state index in [2.05, 4.69) is 133 Å². The molecule has 12 rings (SSSR count). The molecule has 0 unspecified atom stereocenters. The van der Waals surface area contributed by atoms with Gasteiger partial charge in [0.2, 0.25) is 0 Å². The molecule has 8 aromatic carbocycles. The molecule has 10 aromatic rings. The third kappa shape index (κ3) is 4.56. The summed E-state index contributed by atoms with van der Waals surface area (Å²) in [5.41, 5.74) is 15.7. The second kappa shape index (κ2) is 12.2. The van der Waals surface area contributed by atoms with Crippen LogP contribution >= 0.6 is 0 Å². The van der Waals surface area contributed by atoms with Crippen LogP contribution in [0.15, 0.2) is 194 Å². The third-order valence-corrected chi connectivity index (χ3v) is 11.9. The molecule has 0 saturated heterocycles. The van der Waals surface area contributed by atoms with Crippen LogP contribution in [0.5, 0.6) is 0 Å². The molecule has 0 atom stereocenters. The Balaban J connectivity index is 1.10. The van der Waals surface area contributed by atoms with Crippen molar-refractivity contribution < 1.29 is 0 Å². The Morgan fingerprint density at radius 3 is 1.35 bits per heavy atom. The van der Waals surface area contributed by atoms with Crippen molar-refractivity contribution >= 4 is 21.7 Å². The van der Waals surface area contributed by atoms with Crippen LogP contribution in [0, 0.1) is 0 Å². The van der Waals surface area contributed by atoms with E-state index in [0.29, 0.717) is 17.5 Å². The molecule has 1 spiro atoms. The minimum atomic E-state index is -0.439. The van der Waals surface area contributed by atoms with E-state index in [-0.39, 0.29) is 0 Å². The monoisotopic (exact) mass is 724 g/mol. The topological polar surface area (TPSA) is 51.6 Å². The average molecular weight is 725 g/mol. The number of para-hydroxylation sites is 1. The molecule has 2 aliphatic rings. The Labute approximate surface area is 329 Å². The molecule has 2 aliphatic carbocycles. The van der Waals surface area contributed by atoms with E-state index in [9.17, 15) is 0 Å². The lowest BCUT2D eigenvalue weighted by Gasteiger charge is -2.30. The van der Waals surface area contributed by atoms with Gasteiger partial charge in [0.15, 0.2) is 17.5 Å². The highest BCUT2D eigenvalue weighted by Gasteiger charge is 2.52. The molecule has 2 heterocycles. The lowest BCUT2D eigenvalue weighted by molar-refractivity contribution is 0.794. The molecule has 0 amide bonds. The second-order valence-corrected chi connectivity index (χ2v) is 14.9. The Morgan fingerprint density at radius 2 is 0.754 bits per heavy atom. The van der Waals surface area contributed by atoms with Crippen molar-refractivity contribution in [2.24, 2.45) is 0 Å². The maximum Gasteiger partial charge on any atom is 0.164 e. The Morgan fingerprint density at radius 1 is 0.298 bits per heavy atom. The van der Waals surface area contributed by atoms with Gasteiger partial charge in [-0.2, -0.15) is 0 Å². The molecule has 4 heteroatoms. The van der Waals surface area contributed by atoms with E-state index in [1.165, 1.54) is 55.3 Å². The van der Waals surface area contributed by atoms with Crippen molar-refractivity contribution in [1.29, 1.82) is 0 Å². The molecule has 4 nitrogen and oxygen atoms in total. The molecule has 0 fully saturated rings. The predicted octanol–water partition coefficient (Wildman–Crippen LogP) is 12.6. The van der Waals surface area contributed by atoms with Crippen molar-refractivity contribution in [3.63, 3.8) is 0 Å². The van der Waals surface area contributed by atoms with Crippen LogP contribution in [0.1, 0.15) is 22.3 Å². The fourth-order valence-corrected chi connectivity index (χ4v) is 9.55. The first-order chi connectivity index (χ1) is 28.3. The normalized spacial score (nSPS) is 13.1. The van der Waals surface area contributed by atoms with Gasteiger partial charge in [-0.25, -0.2) is 19.9 Å². The number of fused-ring (bicyclic) bond motifs is 14. The van der Waals surface area contributed by atoms with Crippen molar-refractivity contribution in [2.75, 3.05) is 0 Å². The van der Waals surface area contributed by atoms with Gasteiger partial charge in [0.1, 0.15) is 0 Å². The Hall–Kier alpha value is -7.56. The minimum absolute atomic E-state index is 0.439. The number of nitrogens with zero attached hydrogens (tertiary/aromatic N) is 4. The summed E-state index contributed by atoms with van der Waals surface area (Å²) in [6, 6.07) is 69.0. The zero-order valence-corrected chi connectivity index (χ0v) is 30.8. The third-order valence-electron chi connectivity index (χ3n) is 11.9. The highest BCUT2D eigenvalue weighted by Crippen LogP contribution is 2.64. The van der Waals surface area contributed by atoms with E-state index in [1.54, 1.807) is 0 Å². The van der Waals surface area contributed by atoms with Crippen molar-refractivity contribution in [2.45, 2.75) is 5.41 Å². The second-order valence-electron chi connectivity index (χ2n) is 14.9. The summed E-state index contributed by atoms with van der Waals surface area (Å²) >= 11 is 0. The smallest absolute Gasteiger partial charge is 0.164 e. The zero-order valence-electron chi connectivity index (χ0n) is 30.8. The predicted molar refractivity (Wildman–Crippen MR) is 231 cm³/mol. The van der Waals surface area contributed by atoms with Crippen LogP contribution in [0.2, 0.25) is 0 Å². The molecule has 0 N–H and O–H groups in total. The number of rotatable bonds is 4. The summed E-state index contributed by atoms with van der Waals surface area (Å²) in [6.07, 6.45) is 0. The van der Waals surface area contributed by atoms with Gasteiger partial charge in [0.05, 0.1) is 16.6 Å². The SMILES string of the molecule is c1ccc(-c2nc(-c3ccccc3)nc(-c3ccc(-c4nc5ccccc5c5ccc6c(c45)-c4ccccc4C64c5ccccc5-c5ccccc54)cc3)n2)cc1. The van der Waals surface area contributed by atoms with Gasteiger partial charge in [0.25, 0.3) is 0 Å². The first kappa shape index (κ1) is 31.8. The fourth-order valence-electron chi connectivity index (χ4n) is 9.55. The summed E-state index contributed by atoms with van der Waals surface area (Å²) in [5, 5.41) is 3.51. The molecule has 0 saturated carbocycles. The van der Waals surface area contributed by atoms with Crippen molar-refractivity contribution in [3.05, 3.63) is 216 Å². The van der Waals surface area contributed by atoms with E-state index < -0.39 is 5.41 Å². The summed E-state index contributed by atoms with van der Waals surface area (Å²) < 4.78 is 0. The maximum atomic E-state index is 5.50. The van der Waals surface area contributed by atoms with Gasteiger partial charge in [0, 0.05) is 33.0 Å². The van der Waals surface area contributed by atoms with Crippen molar-refractivity contribution in [1.82, 2.24) is 19.9 Å². The number of pyridine rings is 1. The van der Waals surface area contributed by atoms with Crippen LogP contribution in [-0.2, 0) is 5.41 Å². The standard InChI is InChI=1S/C53H32N4/c1-3-15-34(16-4-1)50-55-51(35-17-5-2-6-18-35)57-52(56-50)36-29-27-33(28-30-36)49-48-40(39-21-10-14-26-46(39)54-49)31-32-45-47(48)41-22-9-13-25-44(41)53(45)42-23-11-7-19-37(42)38-20-8-12-24-43(38)53/h1-32H. The zero-order chi connectivity index (χ0) is 37.5. The minimum Gasteiger partial charge on any atom is -0.247 e. The lowest BCUT2D eigenvalue weighted by atomic mass is 9.70. The number of aromatic nitrogens is 4. The molecule has 264 valence electrons. The molecular formula is C53H32N4. The summed E-state index contributed by atoms with van der Waals surface area (Å²) in [6.45, 7) is 0. The highest BCUT2D eigenvalue weighted by atomic mass is 15.0. The number of hydrogen-bond donors (Lipinski definition) is 0. The maximum absolute atomic E-state index is 5.50. The van der Waals surface area contributed by atoms with Crippen molar-refractivity contribution in [3.8, 4) is 67.7 Å². The van der Waals surface area contributed by atoms with Gasteiger partial charge < -0.3 is 0 Å². The lowest BCUT2D eigenvalue weighted by Crippen LogP contribution is -2.25.